The largest absolute Gasteiger partial charge is 0.342 e. The molecular formula is C27H38FN3O3. The molecule has 1 atom stereocenters. The minimum atomic E-state index is -0.548. The van der Waals surface area contributed by atoms with Crippen LogP contribution in [0.1, 0.15) is 93.0 Å². The third-order valence-corrected chi connectivity index (χ3v) is 7.78. The predicted molar refractivity (Wildman–Crippen MR) is 129 cm³/mol. The van der Waals surface area contributed by atoms with Crippen molar-refractivity contribution in [3.8, 4) is 0 Å². The van der Waals surface area contributed by atoms with Gasteiger partial charge in [0, 0.05) is 25.6 Å². The van der Waals surface area contributed by atoms with Crippen molar-refractivity contribution in [2.45, 2.75) is 89.1 Å². The minimum absolute atomic E-state index is 0.00720. The van der Waals surface area contributed by atoms with Crippen LogP contribution >= 0.6 is 0 Å². The van der Waals surface area contributed by atoms with Gasteiger partial charge in [-0.15, -0.1) is 0 Å². The van der Waals surface area contributed by atoms with Crippen molar-refractivity contribution in [3.05, 3.63) is 35.1 Å². The van der Waals surface area contributed by atoms with Crippen LogP contribution in [0.3, 0.4) is 0 Å². The van der Waals surface area contributed by atoms with Gasteiger partial charge in [0.05, 0.1) is 18.2 Å². The van der Waals surface area contributed by atoms with E-state index in [1.165, 1.54) is 6.07 Å². The van der Waals surface area contributed by atoms with E-state index in [2.05, 4.69) is 10.6 Å². The van der Waals surface area contributed by atoms with Crippen LogP contribution in [0.4, 0.5) is 4.39 Å². The fourth-order valence-electron chi connectivity index (χ4n) is 5.43. The lowest BCUT2D eigenvalue weighted by molar-refractivity contribution is -0.131. The lowest BCUT2D eigenvalue weighted by Crippen LogP contribution is -2.46. The summed E-state index contributed by atoms with van der Waals surface area (Å²) in [6.45, 7) is 3.54. The SMILES string of the molecule is CCC(=O)C(NC(=O)c1ccc(C2CCN(C(=O)CNC3CC3)CC2)cc1F)C1CCCCC1. The van der Waals surface area contributed by atoms with Gasteiger partial charge in [0.2, 0.25) is 5.91 Å². The Morgan fingerprint density at radius 1 is 1.03 bits per heavy atom. The summed E-state index contributed by atoms with van der Waals surface area (Å²) in [6.07, 6.45) is 9.40. The van der Waals surface area contributed by atoms with E-state index in [0.29, 0.717) is 32.1 Å². The number of hydrogen-bond donors (Lipinski definition) is 2. The standard InChI is InChI=1S/C27H38FN3O3/c1-2-24(32)26(19-6-4-3-5-7-19)30-27(34)22-11-8-20(16-23(22)28)18-12-14-31(15-13-18)25(33)17-29-21-9-10-21/h8,11,16,18-19,21,26,29H,2-7,9-10,12-15,17H2,1H3,(H,30,34). The van der Waals surface area contributed by atoms with Crippen LogP contribution in [0.15, 0.2) is 18.2 Å². The van der Waals surface area contributed by atoms with Gasteiger partial charge in [-0.2, -0.15) is 0 Å². The number of likely N-dealkylation sites (tertiary alicyclic amines) is 1. The molecule has 0 aromatic heterocycles. The number of carbonyl (C=O) groups is 3. The molecule has 1 aromatic carbocycles. The second kappa shape index (κ2) is 11.4. The average molecular weight is 472 g/mol. The molecule has 6 nitrogen and oxygen atoms in total. The van der Waals surface area contributed by atoms with Gasteiger partial charge in [0.25, 0.3) is 5.91 Å². The molecule has 0 spiro atoms. The van der Waals surface area contributed by atoms with E-state index < -0.39 is 17.8 Å². The normalized spacial score (nSPS) is 20.7. The summed E-state index contributed by atoms with van der Waals surface area (Å²) in [4.78, 5) is 39.7. The summed E-state index contributed by atoms with van der Waals surface area (Å²) < 4.78 is 15.0. The first-order chi connectivity index (χ1) is 16.5. The molecule has 2 amide bonds. The maximum absolute atomic E-state index is 15.0. The van der Waals surface area contributed by atoms with E-state index in [-0.39, 0.29) is 29.1 Å². The first kappa shape index (κ1) is 24.8. The monoisotopic (exact) mass is 471 g/mol. The molecule has 0 bridgehead atoms. The lowest BCUT2D eigenvalue weighted by atomic mass is 9.81. The number of halogens is 1. The molecule has 1 aromatic rings. The molecule has 1 unspecified atom stereocenters. The van der Waals surface area contributed by atoms with Crippen LogP contribution < -0.4 is 10.6 Å². The fourth-order valence-corrected chi connectivity index (χ4v) is 5.43. The molecule has 186 valence electrons. The van der Waals surface area contributed by atoms with Gasteiger partial charge in [0.15, 0.2) is 5.78 Å². The summed E-state index contributed by atoms with van der Waals surface area (Å²) >= 11 is 0. The van der Waals surface area contributed by atoms with E-state index >= 15 is 0 Å². The van der Waals surface area contributed by atoms with Crippen molar-refractivity contribution in [2.24, 2.45) is 5.92 Å². The van der Waals surface area contributed by atoms with Crippen molar-refractivity contribution in [3.63, 3.8) is 0 Å². The van der Waals surface area contributed by atoms with Crippen LogP contribution in [-0.2, 0) is 9.59 Å². The number of piperidine rings is 1. The quantitative estimate of drug-likeness (QED) is 0.572. The Labute approximate surface area is 202 Å². The zero-order valence-corrected chi connectivity index (χ0v) is 20.3. The fraction of sp³-hybridized carbons (Fsp3) is 0.667. The van der Waals surface area contributed by atoms with Crippen LogP contribution in [-0.4, -0.2) is 54.2 Å². The van der Waals surface area contributed by atoms with Crippen LogP contribution in [0.5, 0.6) is 0 Å². The molecule has 2 N–H and O–H groups in total. The highest BCUT2D eigenvalue weighted by molar-refractivity contribution is 5.98. The van der Waals surface area contributed by atoms with E-state index in [0.717, 1.165) is 63.4 Å². The Morgan fingerprint density at radius 3 is 2.35 bits per heavy atom. The highest BCUT2D eigenvalue weighted by Crippen LogP contribution is 2.30. The second-order valence-corrected chi connectivity index (χ2v) is 10.2. The third-order valence-electron chi connectivity index (χ3n) is 7.78. The number of benzene rings is 1. The van der Waals surface area contributed by atoms with Crippen LogP contribution in [0.2, 0.25) is 0 Å². The lowest BCUT2D eigenvalue weighted by Gasteiger charge is -2.32. The van der Waals surface area contributed by atoms with Crippen molar-refractivity contribution in [1.82, 2.24) is 15.5 Å². The highest BCUT2D eigenvalue weighted by Gasteiger charge is 2.31. The zero-order valence-electron chi connectivity index (χ0n) is 20.3. The molecule has 1 saturated heterocycles. The molecule has 0 radical (unpaired) electrons. The number of carbonyl (C=O) groups excluding carboxylic acids is 3. The van der Waals surface area contributed by atoms with Gasteiger partial charge in [-0.1, -0.05) is 32.3 Å². The number of ketones is 1. The molecule has 34 heavy (non-hydrogen) atoms. The Hall–Kier alpha value is -2.28. The summed E-state index contributed by atoms with van der Waals surface area (Å²) in [5, 5.41) is 6.12. The molecule has 2 aliphatic carbocycles. The number of Topliss-reactive ketones (excluding diaryl/α,β-unsaturated/α-hetero) is 1. The Kier molecular flexibility index (Phi) is 8.35. The van der Waals surface area contributed by atoms with Gasteiger partial charge in [0.1, 0.15) is 5.82 Å². The molecule has 3 fully saturated rings. The number of nitrogens with one attached hydrogen (secondary N) is 2. The molecule has 7 heteroatoms. The maximum atomic E-state index is 15.0. The second-order valence-electron chi connectivity index (χ2n) is 10.2. The molecule has 4 rings (SSSR count). The van der Waals surface area contributed by atoms with Gasteiger partial charge >= 0.3 is 0 Å². The third kappa shape index (κ3) is 6.23. The van der Waals surface area contributed by atoms with E-state index in [1.807, 2.05) is 17.9 Å². The predicted octanol–water partition coefficient (Wildman–Crippen LogP) is 3.94. The molecule has 1 heterocycles. The Morgan fingerprint density at radius 2 is 1.74 bits per heavy atom. The zero-order chi connectivity index (χ0) is 24.1. The maximum Gasteiger partial charge on any atom is 0.254 e. The topological polar surface area (TPSA) is 78.5 Å². The van der Waals surface area contributed by atoms with E-state index in [9.17, 15) is 18.8 Å². The van der Waals surface area contributed by atoms with Crippen LogP contribution in [0, 0.1) is 11.7 Å². The summed E-state index contributed by atoms with van der Waals surface area (Å²) in [6, 6.07) is 4.81. The van der Waals surface area contributed by atoms with Gasteiger partial charge in [-0.05, 0) is 68.1 Å². The number of rotatable bonds is 9. The van der Waals surface area contributed by atoms with Crippen molar-refractivity contribution < 1.29 is 18.8 Å². The highest BCUT2D eigenvalue weighted by atomic mass is 19.1. The van der Waals surface area contributed by atoms with Crippen LogP contribution in [0.25, 0.3) is 0 Å². The average Bonchev–Trinajstić information content (AvgIpc) is 3.70. The number of nitrogens with zero attached hydrogens (tertiary/aromatic N) is 1. The number of hydrogen-bond acceptors (Lipinski definition) is 4. The molecule has 3 aliphatic rings. The summed E-state index contributed by atoms with van der Waals surface area (Å²) in [7, 11) is 0. The van der Waals surface area contributed by atoms with Crippen molar-refractivity contribution in [2.75, 3.05) is 19.6 Å². The molecule has 2 saturated carbocycles. The minimum Gasteiger partial charge on any atom is -0.342 e. The van der Waals surface area contributed by atoms with E-state index in [4.69, 9.17) is 0 Å². The first-order valence-corrected chi connectivity index (χ1v) is 13.1. The first-order valence-electron chi connectivity index (χ1n) is 13.1. The smallest absolute Gasteiger partial charge is 0.254 e. The molecular weight excluding hydrogens is 433 g/mol. The Bertz CT molecular complexity index is 887. The van der Waals surface area contributed by atoms with E-state index in [1.54, 1.807) is 6.07 Å². The summed E-state index contributed by atoms with van der Waals surface area (Å²) in [5.41, 5.74) is 0.859. The summed E-state index contributed by atoms with van der Waals surface area (Å²) in [5.74, 6) is -0.592. The Balaban J connectivity index is 1.34. The van der Waals surface area contributed by atoms with Gasteiger partial charge in [-0.3, -0.25) is 14.4 Å². The van der Waals surface area contributed by atoms with Gasteiger partial charge in [-0.25, -0.2) is 4.39 Å². The van der Waals surface area contributed by atoms with Crippen molar-refractivity contribution in [1.29, 1.82) is 0 Å². The van der Waals surface area contributed by atoms with Crippen molar-refractivity contribution >= 4 is 17.6 Å². The van der Waals surface area contributed by atoms with Gasteiger partial charge < -0.3 is 15.5 Å². The number of amides is 2. The molecule has 1 aliphatic heterocycles.